The molecule has 182 valence electrons. The van der Waals surface area contributed by atoms with Gasteiger partial charge in [0.05, 0.1) is 11.5 Å². The van der Waals surface area contributed by atoms with Crippen molar-refractivity contribution < 1.29 is 31.8 Å². The lowest BCUT2D eigenvalue weighted by molar-refractivity contribution is -0.143. The lowest BCUT2D eigenvalue weighted by Gasteiger charge is -2.16. The molecule has 0 radical (unpaired) electrons. The quantitative estimate of drug-likeness (QED) is 0.303. The molecule has 2 heterocycles. The van der Waals surface area contributed by atoms with Crippen molar-refractivity contribution in [1.82, 2.24) is 9.55 Å². The van der Waals surface area contributed by atoms with Gasteiger partial charge in [-0.2, -0.15) is 0 Å². The maximum Gasteiger partial charge on any atom is 0.325 e. The summed E-state index contributed by atoms with van der Waals surface area (Å²) in [7, 11) is -4.23. The van der Waals surface area contributed by atoms with Gasteiger partial charge in [0.25, 0.3) is 0 Å². The van der Waals surface area contributed by atoms with Gasteiger partial charge in [-0.15, -0.1) is 0 Å². The average Bonchev–Trinajstić information content (AvgIpc) is 3.09. The summed E-state index contributed by atoms with van der Waals surface area (Å²) in [5, 5.41) is 11.3. The van der Waals surface area contributed by atoms with E-state index in [-0.39, 0.29) is 29.2 Å². The first-order chi connectivity index (χ1) is 16.6. The maximum atomic E-state index is 14.2. The Bertz CT molecular complexity index is 1520. The van der Waals surface area contributed by atoms with Gasteiger partial charge >= 0.3 is 5.97 Å². The Hall–Kier alpha value is -3.63. The predicted octanol–water partition coefficient (Wildman–Crippen LogP) is 4.10. The molecule has 0 spiro atoms. The van der Waals surface area contributed by atoms with Crippen LogP contribution in [0.5, 0.6) is 0 Å². The highest BCUT2D eigenvalue weighted by Gasteiger charge is 2.30. The number of hydrogen-bond acceptors (Lipinski definition) is 6. The molecule has 1 unspecified atom stereocenters. The van der Waals surface area contributed by atoms with E-state index in [2.05, 4.69) is 4.98 Å². The van der Waals surface area contributed by atoms with Crippen molar-refractivity contribution in [3.63, 3.8) is 0 Å². The van der Waals surface area contributed by atoms with Crippen LogP contribution in [0.3, 0.4) is 0 Å². The second-order valence-electron chi connectivity index (χ2n) is 7.81. The number of halogens is 2. The van der Waals surface area contributed by atoms with Crippen molar-refractivity contribution in [2.45, 2.75) is 36.4 Å². The zero-order valence-corrected chi connectivity index (χ0v) is 19.7. The van der Waals surface area contributed by atoms with Gasteiger partial charge in [0, 0.05) is 33.9 Å². The molecular formula is C25H22F2N2O5S. The van der Waals surface area contributed by atoms with E-state index in [0.717, 1.165) is 24.3 Å². The monoisotopic (exact) mass is 500 g/mol. The van der Waals surface area contributed by atoms with Crippen LogP contribution in [0.15, 0.2) is 70.7 Å². The molecule has 2 aromatic carbocycles. The fourth-order valence-corrected chi connectivity index (χ4v) is 5.49. The molecule has 0 aliphatic carbocycles. The van der Waals surface area contributed by atoms with Crippen LogP contribution in [0.2, 0.25) is 0 Å². The number of pyridine rings is 1. The number of sulfone groups is 1. The Balaban J connectivity index is 1.89. The van der Waals surface area contributed by atoms with Crippen molar-refractivity contribution in [1.29, 1.82) is 0 Å². The average molecular weight is 501 g/mol. The number of esters is 1. The number of rotatable bonds is 7. The minimum atomic E-state index is -4.23. The molecule has 10 heteroatoms. The highest BCUT2D eigenvalue weighted by Crippen LogP contribution is 2.37. The number of aliphatic hydroxyl groups is 1. The van der Waals surface area contributed by atoms with Crippen LogP contribution >= 0.6 is 0 Å². The topological polar surface area (TPSA) is 98.5 Å². The molecule has 2 aromatic heterocycles. The molecule has 7 nitrogen and oxygen atoms in total. The van der Waals surface area contributed by atoms with Gasteiger partial charge in [0.15, 0.2) is 5.03 Å². The number of aromatic nitrogens is 2. The van der Waals surface area contributed by atoms with Gasteiger partial charge in [0.1, 0.15) is 24.3 Å². The summed E-state index contributed by atoms with van der Waals surface area (Å²) >= 11 is 0. The third-order valence-corrected chi connectivity index (χ3v) is 7.42. The molecule has 1 atom stereocenters. The van der Waals surface area contributed by atoms with E-state index in [1.807, 2.05) is 0 Å². The second-order valence-corrected chi connectivity index (χ2v) is 9.67. The van der Waals surface area contributed by atoms with Crippen molar-refractivity contribution in [2.75, 3.05) is 6.61 Å². The Labute approximate surface area is 200 Å². The van der Waals surface area contributed by atoms with E-state index in [4.69, 9.17) is 4.74 Å². The highest BCUT2D eigenvalue weighted by atomic mass is 32.2. The van der Waals surface area contributed by atoms with Crippen LogP contribution in [0.25, 0.3) is 10.9 Å². The summed E-state index contributed by atoms with van der Waals surface area (Å²) < 4.78 is 60.8. The number of carbonyl (C=O) groups excluding carboxylic acids is 1. The minimum Gasteiger partial charge on any atom is -0.465 e. The largest absolute Gasteiger partial charge is 0.465 e. The van der Waals surface area contributed by atoms with Crippen molar-refractivity contribution >= 4 is 26.7 Å². The number of carbonyl (C=O) groups is 1. The first-order valence-corrected chi connectivity index (χ1v) is 12.2. The summed E-state index contributed by atoms with van der Waals surface area (Å²) in [6.45, 7) is 3.32. The molecule has 0 bridgehead atoms. The standard InChI is InChI=1S/C25H22F2N2O5S/c1-3-34-22(30)14-29-15(2)23(20-13-17(27)8-11-21(20)29)24(31)19-5-4-12-28-25(19)35(32,33)18-9-6-16(26)7-10-18/h4-13,24,31H,3,14H2,1-2H3. The van der Waals surface area contributed by atoms with Gasteiger partial charge < -0.3 is 14.4 Å². The predicted molar refractivity (Wildman–Crippen MR) is 123 cm³/mol. The van der Waals surface area contributed by atoms with Crippen molar-refractivity contribution in [3.05, 3.63) is 89.2 Å². The summed E-state index contributed by atoms with van der Waals surface area (Å²) in [6, 6.07) is 11.1. The molecule has 1 N–H and O–H groups in total. The molecule has 0 saturated carbocycles. The van der Waals surface area contributed by atoms with E-state index in [9.17, 15) is 27.1 Å². The first kappa shape index (κ1) is 24.5. The zero-order chi connectivity index (χ0) is 25.3. The lowest BCUT2D eigenvalue weighted by atomic mass is 10.00. The minimum absolute atomic E-state index is 0.0422. The third-order valence-electron chi connectivity index (χ3n) is 5.67. The number of fused-ring (bicyclic) bond motifs is 1. The fourth-order valence-electron chi connectivity index (χ4n) is 4.08. The van der Waals surface area contributed by atoms with Gasteiger partial charge in [-0.05, 0) is 62.4 Å². The summed E-state index contributed by atoms with van der Waals surface area (Å²) in [5.74, 6) is -1.68. The number of nitrogens with zero attached hydrogens (tertiary/aromatic N) is 2. The normalized spacial score (nSPS) is 12.6. The zero-order valence-electron chi connectivity index (χ0n) is 18.9. The van der Waals surface area contributed by atoms with Crippen LogP contribution in [0, 0.1) is 18.6 Å². The Kier molecular flexibility index (Phi) is 6.68. The molecule has 4 aromatic rings. The number of ether oxygens (including phenoxy) is 1. The molecule has 0 saturated heterocycles. The number of benzene rings is 2. The summed E-state index contributed by atoms with van der Waals surface area (Å²) in [4.78, 5) is 16.0. The lowest BCUT2D eigenvalue weighted by Crippen LogP contribution is -2.15. The molecule has 0 amide bonds. The highest BCUT2D eigenvalue weighted by molar-refractivity contribution is 7.91. The van der Waals surface area contributed by atoms with E-state index >= 15 is 0 Å². The van der Waals surface area contributed by atoms with Crippen LogP contribution in [-0.4, -0.2) is 35.7 Å². The van der Waals surface area contributed by atoms with Crippen LogP contribution in [-0.2, 0) is 25.9 Å². The van der Waals surface area contributed by atoms with Gasteiger partial charge in [-0.25, -0.2) is 22.2 Å². The van der Waals surface area contributed by atoms with E-state index in [0.29, 0.717) is 16.6 Å². The SMILES string of the molecule is CCOC(=O)Cn1c(C)c(C(O)c2cccnc2S(=O)(=O)c2ccc(F)cc2)c2cc(F)ccc21. The van der Waals surface area contributed by atoms with Crippen LogP contribution in [0.4, 0.5) is 8.78 Å². The van der Waals surface area contributed by atoms with Gasteiger partial charge in [-0.3, -0.25) is 4.79 Å². The molecule has 0 aliphatic rings. The van der Waals surface area contributed by atoms with Crippen molar-refractivity contribution in [2.24, 2.45) is 0 Å². The fraction of sp³-hybridized carbons (Fsp3) is 0.200. The molecular weight excluding hydrogens is 478 g/mol. The van der Waals surface area contributed by atoms with Crippen LogP contribution < -0.4 is 0 Å². The Morgan fingerprint density at radius 1 is 1.11 bits per heavy atom. The van der Waals surface area contributed by atoms with E-state index in [1.165, 1.54) is 36.5 Å². The molecule has 0 aliphatic heterocycles. The Morgan fingerprint density at radius 3 is 2.49 bits per heavy atom. The summed E-state index contributed by atoms with van der Waals surface area (Å²) in [5.41, 5.74) is 1.09. The Morgan fingerprint density at radius 2 is 1.80 bits per heavy atom. The third kappa shape index (κ3) is 4.54. The van der Waals surface area contributed by atoms with Gasteiger partial charge in [0.2, 0.25) is 9.84 Å². The van der Waals surface area contributed by atoms with E-state index < -0.39 is 38.6 Å². The molecule has 0 fully saturated rings. The number of aliphatic hydroxyl groups excluding tert-OH is 1. The maximum absolute atomic E-state index is 14.2. The smallest absolute Gasteiger partial charge is 0.325 e. The van der Waals surface area contributed by atoms with Crippen molar-refractivity contribution in [3.8, 4) is 0 Å². The molecule has 4 rings (SSSR count). The first-order valence-electron chi connectivity index (χ1n) is 10.7. The van der Waals surface area contributed by atoms with E-state index in [1.54, 1.807) is 18.4 Å². The summed E-state index contributed by atoms with van der Waals surface area (Å²) in [6.07, 6.45) is -0.259. The molecule has 35 heavy (non-hydrogen) atoms. The number of hydrogen-bond donors (Lipinski definition) is 1. The van der Waals surface area contributed by atoms with Gasteiger partial charge in [-0.1, -0.05) is 6.07 Å². The van der Waals surface area contributed by atoms with Crippen LogP contribution in [0.1, 0.15) is 29.8 Å². The second kappa shape index (κ2) is 9.55.